The number of hydrogen-bond donors (Lipinski definition) is 0. The molecule has 0 radical (unpaired) electrons. The van der Waals surface area contributed by atoms with Crippen molar-refractivity contribution in [1.82, 2.24) is 0 Å². The molecule has 1 nitrogen and oxygen atoms in total. The number of ether oxygens (including phenoxy) is 1. The third-order valence-electron chi connectivity index (χ3n) is 4.55. The van der Waals surface area contributed by atoms with E-state index in [4.69, 9.17) is 4.74 Å². The average molecular weight is 172 g/mol. The largest absolute Gasteiger partial charge is 0.380 e. The summed E-state index contributed by atoms with van der Waals surface area (Å²) >= 11 is 0. The molecular weight excluding hydrogens is 160 g/mol. The summed E-state index contributed by atoms with van der Waals surface area (Å²) in [5.74, 6) is 1.55. The first-order valence-electron chi connectivity index (χ1n) is 5.02. The zero-order valence-corrected chi connectivity index (χ0v) is 7.44. The minimum absolute atomic E-state index is 0.348. The Balaban J connectivity index is 1.97. The SMILES string of the molecule is C1=CC23COCC2(C=C1)C1C=CC13. The summed E-state index contributed by atoms with van der Waals surface area (Å²) < 4.78 is 5.70. The fourth-order valence-corrected chi connectivity index (χ4v) is 3.78. The van der Waals surface area contributed by atoms with Crippen LogP contribution in [-0.2, 0) is 4.74 Å². The van der Waals surface area contributed by atoms with Crippen LogP contribution >= 0.6 is 0 Å². The maximum Gasteiger partial charge on any atom is 0.0572 e. The standard InChI is InChI=1S/C12H12O/c1-2-6-12-8-13-7-11(12,5-1)9-3-4-10(9)12/h1-6,9-10H,7-8H2. The maximum absolute atomic E-state index is 5.70. The van der Waals surface area contributed by atoms with Crippen LogP contribution in [0.15, 0.2) is 36.5 Å². The Morgan fingerprint density at radius 3 is 1.92 bits per heavy atom. The van der Waals surface area contributed by atoms with Crippen molar-refractivity contribution in [3.8, 4) is 0 Å². The highest BCUT2D eigenvalue weighted by Gasteiger charge is 2.73. The van der Waals surface area contributed by atoms with Crippen LogP contribution in [0, 0.1) is 22.7 Å². The zero-order chi connectivity index (χ0) is 8.52. The number of fused-ring (bicyclic) bond motifs is 1. The van der Waals surface area contributed by atoms with Gasteiger partial charge < -0.3 is 4.74 Å². The molecule has 0 amide bonds. The van der Waals surface area contributed by atoms with Gasteiger partial charge in [0.15, 0.2) is 0 Å². The van der Waals surface area contributed by atoms with E-state index in [1.54, 1.807) is 0 Å². The fourth-order valence-electron chi connectivity index (χ4n) is 3.78. The molecule has 0 aromatic heterocycles. The van der Waals surface area contributed by atoms with Crippen molar-refractivity contribution in [1.29, 1.82) is 0 Å². The van der Waals surface area contributed by atoms with E-state index in [1.807, 2.05) is 0 Å². The van der Waals surface area contributed by atoms with Gasteiger partial charge in [-0.25, -0.2) is 0 Å². The van der Waals surface area contributed by atoms with Gasteiger partial charge >= 0.3 is 0 Å². The summed E-state index contributed by atoms with van der Waals surface area (Å²) in [5, 5.41) is 0. The first kappa shape index (κ1) is 6.61. The summed E-state index contributed by atoms with van der Waals surface area (Å²) in [7, 11) is 0. The molecule has 13 heavy (non-hydrogen) atoms. The van der Waals surface area contributed by atoms with E-state index < -0.39 is 0 Å². The van der Waals surface area contributed by atoms with Gasteiger partial charge in [0.1, 0.15) is 0 Å². The molecule has 0 aromatic rings. The van der Waals surface area contributed by atoms with Crippen molar-refractivity contribution in [3.63, 3.8) is 0 Å². The smallest absolute Gasteiger partial charge is 0.0572 e. The number of allylic oxidation sites excluding steroid dienone is 4. The molecule has 1 aliphatic heterocycles. The van der Waals surface area contributed by atoms with Gasteiger partial charge in [-0.05, 0) is 11.8 Å². The second kappa shape index (κ2) is 1.69. The van der Waals surface area contributed by atoms with Crippen LogP contribution in [0.4, 0.5) is 0 Å². The summed E-state index contributed by atoms with van der Waals surface area (Å²) in [4.78, 5) is 0. The molecule has 4 unspecified atom stereocenters. The molecule has 2 fully saturated rings. The van der Waals surface area contributed by atoms with Gasteiger partial charge in [0.2, 0.25) is 0 Å². The summed E-state index contributed by atoms with van der Waals surface area (Å²) in [6.07, 6.45) is 13.9. The van der Waals surface area contributed by atoms with Gasteiger partial charge in [0.25, 0.3) is 0 Å². The van der Waals surface area contributed by atoms with Crippen LogP contribution in [-0.4, -0.2) is 13.2 Å². The van der Waals surface area contributed by atoms with Crippen LogP contribution in [0.2, 0.25) is 0 Å². The molecule has 4 rings (SSSR count). The van der Waals surface area contributed by atoms with Crippen molar-refractivity contribution in [3.05, 3.63) is 36.5 Å². The zero-order valence-electron chi connectivity index (χ0n) is 7.44. The highest BCUT2D eigenvalue weighted by Crippen LogP contribution is 2.74. The maximum atomic E-state index is 5.70. The molecule has 4 atom stereocenters. The molecule has 66 valence electrons. The number of hydrogen-bond acceptors (Lipinski definition) is 1. The van der Waals surface area contributed by atoms with E-state index in [2.05, 4.69) is 36.5 Å². The van der Waals surface area contributed by atoms with E-state index >= 15 is 0 Å². The molecule has 0 bridgehead atoms. The van der Waals surface area contributed by atoms with Gasteiger partial charge in [-0.3, -0.25) is 0 Å². The van der Waals surface area contributed by atoms with E-state index in [-0.39, 0.29) is 0 Å². The molecule has 4 aliphatic rings. The Hall–Kier alpha value is -0.820. The Morgan fingerprint density at radius 2 is 1.46 bits per heavy atom. The van der Waals surface area contributed by atoms with Gasteiger partial charge in [0.05, 0.1) is 13.2 Å². The van der Waals surface area contributed by atoms with E-state index in [0.717, 1.165) is 25.0 Å². The molecule has 1 heterocycles. The second-order valence-corrected chi connectivity index (χ2v) is 4.73. The minimum atomic E-state index is 0.348. The number of rotatable bonds is 0. The molecule has 1 saturated carbocycles. The Kier molecular flexibility index (Phi) is 0.859. The lowest BCUT2D eigenvalue weighted by Crippen LogP contribution is -2.65. The normalized spacial score (nSPS) is 59.1. The van der Waals surface area contributed by atoms with Crippen LogP contribution in [0.25, 0.3) is 0 Å². The van der Waals surface area contributed by atoms with Crippen molar-refractivity contribution in [2.45, 2.75) is 0 Å². The van der Waals surface area contributed by atoms with E-state index in [1.165, 1.54) is 0 Å². The lowest BCUT2D eigenvalue weighted by atomic mass is 9.35. The molecule has 0 aromatic carbocycles. The molecule has 1 saturated heterocycles. The van der Waals surface area contributed by atoms with Gasteiger partial charge in [-0.2, -0.15) is 0 Å². The quantitative estimate of drug-likeness (QED) is 0.507. The van der Waals surface area contributed by atoms with Gasteiger partial charge in [0, 0.05) is 10.8 Å². The summed E-state index contributed by atoms with van der Waals surface area (Å²) in [5.41, 5.74) is 0.697. The second-order valence-electron chi connectivity index (χ2n) is 4.73. The third kappa shape index (κ3) is 0.442. The molecule has 1 heteroatoms. The van der Waals surface area contributed by atoms with E-state index in [9.17, 15) is 0 Å². The average Bonchev–Trinajstić information content (AvgIpc) is 2.39. The van der Waals surface area contributed by atoms with Gasteiger partial charge in [-0.15, -0.1) is 0 Å². The van der Waals surface area contributed by atoms with Crippen LogP contribution in [0.1, 0.15) is 0 Å². The van der Waals surface area contributed by atoms with Crippen molar-refractivity contribution < 1.29 is 4.74 Å². The van der Waals surface area contributed by atoms with Crippen molar-refractivity contribution in [2.75, 3.05) is 13.2 Å². The molecule has 3 aliphatic carbocycles. The van der Waals surface area contributed by atoms with Crippen molar-refractivity contribution in [2.24, 2.45) is 22.7 Å². The topological polar surface area (TPSA) is 9.23 Å². The minimum Gasteiger partial charge on any atom is -0.380 e. The lowest BCUT2D eigenvalue weighted by molar-refractivity contribution is -0.0741. The van der Waals surface area contributed by atoms with Crippen molar-refractivity contribution >= 4 is 0 Å². The highest BCUT2D eigenvalue weighted by atomic mass is 16.5. The van der Waals surface area contributed by atoms with Crippen LogP contribution in [0.5, 0.6) is 0 Å². The molecule has 0 spiro atoms. The van der Waals surface area contributed by atoms with E-state index in [0.29, 0.717) is 10.8 Å². The fraction of sp³-hybridized carbons (Fsp3) is 0.500. The summed E-state index contributed by atoms with van der Waals surface area (Å²) in [6, 6.07) is 0. The Bertz CT molecular complexity index is 331. The Labute approximate surface area is 77.8 Å². The lowest BCUT2D eigenvalue weighted by Gasteiger charge is -2.66. The first-order valence-corrected chi connectivity index (χ1v) is 5.02. The third-order valence-corrected chi connectivity index (χ3v) is 4.55. The highest BCUT2D eigenvalue weighted by molar-refractivity contribution is 5.45. The summed E-state index contributed by atoms with van der Waals surface area (Å²) in [6.45, 7) is 1.86. The van der Waals surface area contributed by atoms with Crippen LogP contribution < -0.4 is 0 Å². The molecular formula is C12H12O. The predicted molar refractivity (Wildman–Crippen MR) is 50.1 cm³/mol. The Morgan fingerprint density at radius 1 is 0.923 bits per heavy atom. The predicted octanol–water partition coefficient (Wildman–Crippen LogP) is 1.93. The van der Waals surface area contributed by atoms with Crippen LogP contribution in [0.3, 0.4) is 0 Å². The first-order chi connectivity index (χ1) is 6.39. The molecule has 0 N–H and O–H groups in total. The van der Waals surface area contributed by atoms with Gasteiger partial charge in [-0.1, -0.05) is 36.5 Å². The monoisotopic (exact) mass is 172 g/mol.